The monoisotopic (exact) mass is 406 g/mol. The van der Waals surface area contributed by atoms with E-state index in [1.807, 2.05) is 37.3 Å². The van der Waals surface area contributed by atoms with Gasteiger partial charge in [-0.2, -0.15) is 8.42 Å². The van der Waals surface area contributed by atoms with Gasteiger partial charge in [-0.05, 0) is 55.3 Å². The largest absolute Gasteiger partial charge is 0.422 e. The van der Waals surface area contributed by atoms with Crippen LogP contribution in [0.1, 0.15) is 11.1 Å². The highest BCUT2D eigenvalue weighted by Gasteiger charge is 2.18. The van der Waals surface area contributed by atoms with E-state index in [0.717, 1.165) is 11.1 Å². The molecule has 0 aliphatic heterocycles. The third kappa shape index (κ3) is 3.67. The summed E-state index contributed by atoms with van der Waals surface area (Å²) in [6.07, 6.45) is 0. The molecule has 29 heavy (non-hydrogen) atoms. The van der Waals surface area contributed by atoms with Crippen molar-refractivity contribution in [2.75, 3.05) is 0 Å². The molecule has 3 aromatic carbocycles. The smallest absolute Gasteiger partial charge is 0.344 e. The van der Waals surface area contributed by atoms with Crippen LogP contribution in [0.25, 0.3) is 22.1 Å². The molecule has 0 radical (unpaired) electrons. The molecule has 0 fully saturated rings. The quantitative estimate of drug-likeness (QED) is 0.358. The Morgan fingerprint density at radius 1 is 0.862 bits per heavy atom. The Kier molecular flexibility index (Phi) is 4.72. The summed E-state index contributed by atoms with van der Waals surface area (Å²) in [4.78, 5) is 12.6. The average molecular weight is 406 g/mol. The second-order valence-electron chi connectivity index (χ2n) is 6.76. The lowest BCUT2D eigenvalue weighted by Gasteiger charge is -2.11. The standard InChI is InChI=1S/C23H18O5S/c1-15-8-11-19(12-9-15)29(25,26)28-18-10-13-21-20(14-18)16(2)22(23(24)27-21)17-6-4-3-5-7-17/h3-14H,1-2H3. The third-order valence-corrected chi connectivity index (χ3v) is 5.98. The Bertz CT molecular complexity index is 1350. The molecular weight excluding hydrogens is 388 g/mol. The maximum Gasteiger partial charge on any atom is 0.344 e. The van der Waals surface area contributed by atoms with Crippen LogP contribution in [0.15, 0.2) is 86.9 Å². The van der Waals surface area contributed by atoms with Crippen LogP contribution in [0.5, 0.6) is 5.75 Å². The molecule has 0 amide bonds. The van der Waals surface area contributed by atoms with E-state index >= 15 is 0 Å². The molecule has 1 aromatic heterocycles. The average Bonchev–Trinajstić information content (AvgIpc) is 2.69. The van der Waals surface area contributed by atoms with E-state index in [4.69, 9.17) is 8.60 Å². The maximum absolute atomic E-state index is 12.6. The second kappa shape index (κ2) is 7.22. The van der Waals surface area contributed by atoms with Crippen LogP contribution >= 0.6 is 0 Å². The number of benzene rings is 3. The molecule has 0 unspecified atom stereocenters. The highest BCUT2D eigenvalue weighted by Crippen LogP contribution is 2.30. The van der Waals surface area contributed by atoms with Crippen LogP contribution in [-0.2, 0) is 10.1 Å². The number of hydrogen-bond donors (Lipinski definition) is 0. The van der Waals surface area contributed by atoms with Crippen LogP contribution < -0.4 is 9.81 Å². The summed E-state index contributed by atoms with van der Waals surface area (Å²) in [5.41, 5.74) is 2.75. The van der Waals surface area contributed by atoms with Gasteiger partial charge in [-0.15, -0.1) is 0 Å². The van der Waals surface area contributed by atoms with Crippen molar-refractivity contribution in [2.45, 2.75) is 18.7 Å². The van der Waals surface area contributed by atoms with Crippen LogP contribution in [0.3, 0.4) is 0 Å². The fourth-order valence-corrected chi connectivity index (χ4v) is 4.12. The van der Waals surface area contributed by atoms with Crippen molar-refractivity contribution < 1.29 is 17.0 Å². The molecule has 0 aliphatic rings. The molecular formula is C23H18O5S. The molecule has 0 aliphatic carbocycles. The molecule has 0 atom stereocenters. The number of aryl methyl sites for hydroxylation is 2. The van der Waals surface area contributed by atoms with Crippen molar-refractivity contribution in [3.63, 3.8) is 0 Å². The van der Waals surface area contributed by atoms with Crippen LogP contribution in [0, 0.1) is 13.8 Å². The normalized spacial score (nSPS) is 11.5. The Balaban J connectivity index is 1.80. The van der Waals surface area contributed by atoms with Gasteiger partial charge in [0, 0.05) is 5.39 Å². The molecule has 6 heteroatoms. The lowest BCUT2D eigenvalue weighted by molar-refractivity contribution is 0.486. The lowest BCUT2D eigenvalue weighted by atomic mass is 10.00. The summed E-state index contributed by atoms with van der Waals surface area (Å²) < 4.78 is 35.9. The number of fused-ring (bicyclic) bond motifs is 1. The second-order valence-corrected chi connectivity index (χ2v) is 8.31. The molecule has 0 bridgehead atoms. The minimum atomic E-state index is -3.97. The van der Waals surface area contributed by atoms with Gasteiger partial charge in [0.1, 0.15) is 16.2 Å². The summed E-state index contributed by atoms with van der Waals surface area (Å²) >= 11 is 0. The Labute approximate surface area is 168 Å². The van der Waals surface area contributed by atoms with Gasteiger partial charge in [0.25, 0.3) is 0 Å². The summed E-state index contributed by atoms with van der Waals surface area (Å²) in [6, 6.07) is 20.2. The summed E-state index contributed by atoms with van der Waals surface area (Å²) in [5, 5.41) is 0.611. The van der Waals surface area contributed by atoms with E-state index in [9.17, 15) is 13.2 Å². The van der Waals surface area contributed by atoms with Crippen LogP contribution in [0.4, 0.5) is 0 Å². The Morgan fingerprint density at radius 3 is 2.24 bits per heavy atom. The summed E-state index contributed by atoms with van der Waals surface area (Å²) in [6.45, 7) is 3.68. The maximum atomic E-state index is 12.6. The first-order valence-corrected chi connectivity index (χ1v) is 10.4. The minimum absolute atomic E-state index is 0.0736. The Hall–Kier alpha value is -3.38. The minimum Gasteiger partial charge on any atom is -0.422 e. The first-order chi connectivity index (χ1) is 13.8. The number of hydrogen-bond acceptors (Lipinski definition) is 5. The van der Waals surface area contributed by atoms with Gasteiger partial charge in [-0.3, -0.25) is 0 Å². The zero-order chi connectivity index (χ0) is 20.6. The first kappa shape index (κ1) is 19.0. The van der Waals surface area contributed by atoms with E-state index in [1.54, 1.807) is 31.2 Å². The van der Waals surface area contributed by atoms with Gasteiger partial charge in [-0.25, -0.2) is 4.79 Å². The van der Waals surface area contributed by atoms with E-state index < -0.39 is 15.7 Å². The molecule has 0 N–H and O–H groups in total. The van der Waals surface area contributed by atoms with E-state index in [1.165, 1.54) is 18.2 Å². The van der Waals surface area contributed by atoms with Crippen molar-refractivity contribution in [1.29, 1.82) is 0 Å². The van der Waals surface area contributed by atoms with Gasteiger partial charge < -0.3 is 8.60 Å². The number of rotatable bonds is 4. The van der Waals surface area contributed by atoms with Gasteiger partial charge in [0.15, 0.2) is 0 Å². The molecule has 1 heterocycles. The Morgan fingerprint density at radius 2 is 1.55 bits per heavy atom. The molecule has 0 saturated heterocycles. The van der Waals surface area contributed by atoms with Crippen LogP contribution in [0.2, 0.25) is 0 Å². The molecule has 4 aromatic rings. The SMILES string of the molecule is Cc1ccc(S(=O)(=O)Oc2ccc3oc(=O)c(-c4ccccc4)c(C)c3c2)cc1. The van der Waals surface area contributed by atoms with Gasteiger partial charge in [0.05, 0.1) is 5.56 Å². The zero-order valence-corrected chi connectivity index (χ0v) is 16.7. The molecule has 0 saturated carbocycles. The predicted octanol–water partition coefficient (Wildman–Crippen LogP) is 4.84. The third-order valence-electron chi connectivity index (χ3n) is 4.71. The fourth-order valence-electron chi connectivity index (χ4n) is 3.20. The van der Waals surface area contributed by atoms with Gasteiger partial charge >= 0.3 is 15.7 Å². The lowest BCUT2D eigenvalue weighted by Crippen LogP contribution is -2.10. The molecule has 5 nitrogen and oxygen atoms in total. The van der Waals surface area contributed by atoms with E-state index in [2.05, 4.69) is 0 Å². The van der Waals surface area contributed by atoms with Gasteiger partial charge in [0.2, 0.25) is 0 Å². The fraction of sp³-hybridized carbons (Fsp3) is 0.0870. The van der Waals surface area contributed by atoms with E-state index in [-0.39, 0.29) is 10.6 Å². The first-order valence-electron chi connectivity index (χ1n) is 8.99. The summed E-state index contributed by atoms with van der Waals surface area (Å²) in [7, 11) is -3.97. The highest BCUT2D eigenvalue weighted by atomic mass is 32.2. The van der Waals surface area contributed by atoms with Crippen molar-refractivity contribution in [3.8, 4) is 16.9 Å². The molecule has 146 valence electrons. The predicted molar refractivity (Wildman–Crippen MR) is 112 cm³/mol. The molecule has 0 spiro atoms. The van der Waals surface area contributed by atoms with Crippen molar-refractivity contribution in [3.05, 3.63) is 94.3 Å². The van der Waals surface area contributed by atoms with Crippen molar-refractivity contribution in [2.24, 2.45) is 0 Å². The van der Waals surface area contributed by atoms with Crippen LogP contribution in [-0.4, -0.2) is 8.42 Å². The zero-order valence-electron chi connectivity index (χ0n) is 15.9. The highest BCUT2D eigenvalue weighted by molar-refractivity contribution is 7.87. The van der Waals surface area contributed by atoms with E-state index in [0.29, 0.717) is 22.1 Å². The topological polar surface area (TPSA) is 73.6 Å². The van der Waals surface area contributed by atoms with Crippen molar-refractivity contribution in [1.82, 2.24) is 0 Å². The van der Waals surface area contributed by atoms with Gasteiger partial charge in [-0.1, -0.05) is 48.0 Å². The molecule has 4 rings (SSSR count). The van der Waals surface area contributed by atoms with Crippen molar-refractivity contribution >= 4 is 21.1 Å². The summed E-state index contributed by atoms with van der Waals surface area (Å²) in [5.74, 6) is 0.147.